The van der Waals surface area contributed by atoms with Gasteiger partial charge in [0.25, 0.3) is 0 Å². The first-order valence-corrected chi connectivity index (χ1v) is 5.56. The second-order valence-electron chi connectivity index (χ2n) is 4.36. The van der Waals surface area contributed by atoms with Crippen LogP contribution in [-0.2, 0) is 19.1 Å². The first kappa shape index (κ1) is 12.4. The predicted molar refractivity (Wildman–Crippen MR) is 64.8 cm³/mol. The van der Waals surface area contributed by atoms with Crippen LogP contribution in [0.25, 0.3) is 0 Å². The van der Waals surface area contributed by atoms with Gasteiger partial charge in [0.15, 0.2) is 0 Å². The largest absolute Gasteiger partial charge is 0.466 e. The number of cyclic esters (lactones) is 1. The van der Waals surface area contributed by atoms with Gasteiger partial charge in [0.05, 0.1) is 13.0 Å². The molecule has 0 bridgehead atoms. The molecule has 1 aliphatic heterocycles. The van der Waals surface area contributed by atoms with Crippen molar-refractivity contribution in [3.63, 3.8) is 0 Å². The van der Waals surface area contributed by atoms with E-state index in [0.29, 0.717) is 0 Å². The van der Waals surface area contributed by atoms with Gasteiger partial charge in [-0.2, -0.15) is 0 Å². The molecule has 2 rings (SSSR count). The Balaban J connectivity index is 2.51. The van der Waals surface area contributed by atoms with Crippen LogP contribution in [0.2, 0.25) is 0 Å². The fourth-order valence-electron chi connectivity index (χ4n) is 2.29. The molecule has 0 N–H and O–H groups in total. The monoisotopic (exact) mass is 246 g/mol. The van der Waals surface area contributed by atoms with E-state index in [9.17, 15) is 9.59 Å². The lowest BCUT2D eigenvalue weighted by atomic mass is 9.81. The number of rotatable bonds is 2. The molecule has 4 heteroatoms. The van der Waals surface area contributed by atoms with E-state index in [1.165, 1.54) is 7.11 Å². The van der Waals surface area contributed by atoms with Gasteiger partial charge in [0.2, 0.25) is 5.60 Å². The Morgan fingerprint density at radius 3 is 2.56 bits per heavy atom. The molecule has 94 valence electrons. The third kappa shape index (κ3) is 1.70. The first-order chi connectivity index (χ1) is 8.50. The van der Waals surface area contributed by atoms with Crippen LogP contribution in [0.15, 0.2) is 42.5 Å². The summed E-state index contributed by atoms with van der Waals surface area (Å²) in [5, 5.41) is 0. The van der Waals surface area contributed by atoms with Crippen molar-refractivity contribution in [3.8, 4) is 0 Å². The summed E-state index contributed by atoms with van der Waals surface area (Å²) in [5.74, 6) is -1.65. The van der Waals surface area contributed by atoms with Gasteiger partial charge >= 0.3 is 11.9 Å². The molecule has 1 fully saturated rings. The number of hydrogen-bond acceptors (Lipinski definition) is 4. The second-order valence-corrected chi connectivity index (χ2v) is 4.36. The van der Waals surface area contributed by atoms with E-state index in [4.69, 9.17) is 9.47 Å². The highest BCUT2D eigenvalue weighted by atomic mass is 16.6. The van der Waals surface area contributed by atoms with Crippen LogP contribution < -0.4 is 0 Å². The molecule has 1 heterocycles. The average Bonchev–Trinajstić information content (AvgIpc) is 2.61. The molecule has 18 heavy (non-hydrogen) atoms. The van der Waals surface area contributed by atoms with E-state index in [-0.39, 0.29) is 5.57 Å². The Morgan fingerprint density at radius 1 is 1.39 bits per heavy atom. The fourth-order valence-corrected chi connectivity index (χ4v) is 2.29. The van der Waals surface area contributed by atoms with Gasteiger partial charge in [-0.25, -0.2) is 9.59 Å². The number of methoxy groups -OCH3 is 1. The minimum Gasteiger partial charge on any atom is -0.466 e. The molecule has 0 aromatic heterocycles. The van der Waals surface area contributed by atoms with E-state index in [0.717, 1.165) is 5.56 Å². The minimum absolute atomic E-state index is 0.272. The number of esters is 2. The smallest absolute Gasteiger partial charge is 0.351 e. The van der Waals surface area contributed by atoms with Gasteiger partial charge in [-0.05, 0) is 12.5 Å². The number of hydrogen-bond donors (Lipinski definition) is 0. The quantitative estimate of drug-likeness (QED) is 0.590. The maximum atomic E-state index is 11.9. The zero-order valence-electron chi connectivity index (χ0n) is 10.3. The van der Waals surface area contributed by atoms with Crippen LogP contribution in [0.3, 0.4) is 0 Å². The van der Waals surface area contributed by atoms with E-state index in [1.807, 2.05) is 30.3 Å². The van der Waals surface area contributed by atoms with E-state index in [2.05, 4.69) is 6.58 Å². The van der Waals surface area contributed by atoms with Crippen molar-refractivity contribution in [2.45, 2.75) is 18.4 Å². The molecule has 2 atom stereocenters. The van der Waals surface area contributed by atoms with Gasteiger partial charge in [0.1, 0.15) is 0 Å². The summed E-state index contributed by atoms with van der Waals surface area (Å²) in [6.45, 7) is 5.27. The summed E-state index contributed by atoms with van der Waals surface area (Å²) in [7, 11) is 1.27. The molecular formula is C14H14O4. The van der Waals surface area contributed by atoms with Crippen molar-refractivity contribution in [1.29, 1.82) is 0 Å². The Bertz CT molecular complexity index is 506. The highest BCUT2D eigenvalue weighted by molar-refractivity contribution is 5.99. The van der Waals surface area contributed by atoms with E-state index < -0.39 is 23.5 Å². The number of carbonyl (C=O) groups is 2. The maximum Gasteiger partial charge on any atom is 0.351 e. The summed E-state index contributed by atoms with van der Waals surface area (Å²) < 4.78 is 9.90. The molecule has 1 aromatic rings. The Labute approximate surface area is 105 Å². The second kappa shape index (κ2) is 4.29. The fraction of sp³-hybridized carbons (Fsp3) is 0.286. The van der Waals surface area contributed by atoms with E-state index >= 15 is 0 Å². The summed E-state index contributed by atoms with van der Waals surface area (Å²) >= 11 is 0. The molecular weight excluding hydrogens is 232 g/mol. The zero-order chi connectivity index (χ0) is 13.3. The number of benzene rings is 1. The molecule has 1 aromatic carbocycles. The highest BCUT2D eigenvalue weighted by Crippen LogP contribution is 2.44. The van der Waals surface area contributed by atoms with Crippen LogP contribution in [0.5, 0.6) is 0 Å². The topological polar surface area (TPSA) is 52.6 Å². The Morgan fingerprint density at radius 2 is 2.00 bits per heavy atom. The van der Waals surface area contributed by atoms with Crippen LogP contribution >= 0.6 is 0 Å². The van der Waals surface area contributed by atoms with Gasteiger partial charge in [-0.15, -0.1) is 0 Å². The molecule has 0 spiro atoms. The molecule has 0 unspecified atom stereocenters. The molecule has 0 aliphatic carbocycles. The number of carbonyl (C=O) groups excluding carboxylic acids is 2. The minimum atomic E-state index is -1.34. The number of ether oxygens (including phenoxy) is 2. The lowest BCUT2D eigenvalue weighted by molar-refractivity contribution is -0.170. The normalized spacial score (nSPS) is 26.9. The van der Waals surface area contributed by atoms with Crippen molar-refractivity contribution < 1.29 is 19.1 Å². The third-order valence-corrected chi connectivity index (χ3v) is 3.19. The molecule has 1 aliphatic rings. The van der Waals surface area contributed by atoms with Gasteiger partial charge in [-0.3, -0.25) is 0 Å². The third-order valence-electron chi connectivity index (χ3n) is 3.19. The van der Waals surface area contributed by atoms with Crippen LogP contribution in [-0.4, -0.2) is 24.6 Å². The summed E-state index contributed by atoms with van der Waals surface area (Å²) in [6.07, 6.45) is 0. The lowest BCUT2D eigenvalue weighted by Crippen LogP contribution is -2.41. The van der Waals surface area contributed by atoms with Crippen molar-refractivity contribution >= 4 is 11.9 Å². The van der Waals surface area contributed by atoms with Crippen molar-refractivity contribution in [2.24, 2.45) is 0 Å². The highest BCUT2D eigenvalue weighted by Gasteiger charge is 2.55. The lowest BCUT2D eigenvalue weighted by Gasteiger charge is -2.26. The molecule has 1 saturated heterocycles. The molecule has 4 nitrogen and oxygen atoms in total. The molecule has 0 amide bonds. The molecule has 0 radical (unpaired) electrons. The van der Waals surface area contributed by atoms with Gasteiger partial charge < -0.3 is 9.47 Å². The van der Waals surface area contributed by atoms with Gasteiger partial charge in [0, 0.05) is 5.57 Å². The maximum absolute atomic E-state index is 11.9. The summed E-state index contributed by atoms with van der Waals surface area (Å²) in [5.41, 5.74) is -0.264. The van der Waals surface area contributed by atoms with E-state index in [1.54, 1.807) is 6.92 Å². The molecule has 0 saturated carbocycles. The zero-order valence-corrected chi connectivity index (χ0v) is 10.3. The SMILES string of the molecule is C=C1C(=O)O[C@](C)(C(=O)OC)[C@H]1c1ccccc1. The summed E-state index contributed by atoms with van der Waals surface area (Å²) in [4.78, 5) is 23.5. The predicted octanol–water partition coefficient (Wildman–Crippen LogP) is 1.81. The summed E-state index contributed by atoms with van der Waals surface area (Å²) in [6, 6.07) is 9.20. The standard InChI is InChI=1S/C14H14O4/c1-9-11(10-7-5-4-6-8-10)14(2,13(16)17-3)18-12(9)15/h4-8,11H,1H2,2-3H3/t11-,14+/m1/s1. The first-order valence-electron chi connectivity index (χ1n) is 5.56. The Hall–Kier alpha value is -2.10. The van der Waals surface area contributed by atoms with Crippen molar-refractivity contribution in [2.75, 3.05) is 7.11 Å². The Kier molecular flexibility index (Phi) is 2.95. The van der Waals surface area contributed by atoms with Crippen molar-refractivity contribution in [3.05, 3.63) is 48.0 Å². The van der Waals surface area contributed by atoms with Crippen LogP contribution in [0.4, 0.5) is 0 Å². The van der Waals surface area contributed by atoms with Crippen LogP contribution in [0.1, 0.15) is 18.4 Å². The van der Waals surface area contributed by atoms with Crippen molar-refractivity contribution in [1.82, 2.24) is 0 Å². The van der Waals surface area contributed by atoms with Crippen LogP contribution in [0, 0.1) is 0 Å². The van der Waals surface area contributed by atoms with Gasteiger partial charge in [-0.1, -0.05) is 36.9 Å². The average molecular weight is 246 g/mol.